The largest absolute Gasteiger partial charge is 0.376 e. The number of hydrazone groups is 1. The molecule has 5 heteroatoms. The van der Waals surface area contributed by atoms with E-state index in [9.17, 15) is 0 Å². The number of ether oxygens (including phenoxy) is 2. The van der Waals surface area contributed by atoms with Gasteiger partial charge in [0.2, 0.25) is 0 Å². The van der Waals surface area contributed by atoms with Crippen LogP contribution in [-0.4, -0.2) is 44.4 Å². The van der Waals surface area contributed by atoms with Gasteiger partial charge in [0.05, 0.1) is 26.4 Å². The van der Waals surface area contributed by atoms with Crippen molar-refractivity contribution in [3.8, 4) is 11.8 Å². The third kappa shape index (κ3) is 4.67. The maximum absolute atomic E-state index is 5.56. The van der Waals surface area contributed by atoms with Crippen LogP contribution in [0, 0.1) is 24.7 Å². The Morgan fingerprint density at radius 1 is 1.38 bits per heavy atom. The lowest BCUT2D eigenvalue weighted by Gasteiger charge is -2.21. The van der Waals surface area contributed by atoms with Crippen LogP contribution in [0.15, 0.2) is 28.3 Å². The molecule has 1 atom stereocenters. The maximum Gasteiger partial charge on any atom is 0.108 e. The van der Waals surface area contributed by atoms with Gasteiger partial charge in [0.25, 0.3) is 0 Å². The van der Waals surface area contributed by atoms with Crippen LogP contribution in [0.25, 0.3) is 0 Å². The number of benzene rings is 1. The van der Waals surface area contributed by atoms with E-state index in [4.69, 9.17) is 15.3 Å². The molecule has 5 nitrogen and oxygen atoms in total. The molecule has 1 aliphatic carbocycles. The Hall–Kier alpha value is -2.16. The molecule has 1 unspecified atom stereocenters. The molecule has 0 amide bonds. The molecule has 1 saturated carbocycles. The van der Waals surface area contributed by atoms with E-state index in [0.29, 0.717) is 38.0 Å². The average molecular weight is 325 g/mol. The topological polar surface area (TPSA) is 69.2 Å². The Morgan fingerprint density at radius 3 is 2.92 bits per heavy atom. The fourth-order valence-corrected chi connectivity index (χ4v) is 2.51. The molecular weight excluding hydrogens is 302 g/mol. The van der Waals surface area contributed by atoms with Gasteiger partial charge in [0.1, 0.15) is 11.8 Å². The van der Waals surface area contributed by atoms with Crippen LogP contribution in [0.1, 0.15) is 29.5 Å². The van der Waals surface area contributed by atoms with Gasteiger partial charge in [0, 0.05) is 23.3 Å². The van der Waals surface area contributed by atoms with Gasteiger partial charge in [-0.25, -0.2) is 0 Å². The van der Waals surface area contributed by atoms with E-state index in [1.165, 1.54) is 12.8 Å². The zero-order valence-electron chi connectivity index (χ0n) is 14.0. The monoisotopic (exact) mass is 325 g/mol. The van der Waals surface area contributed by atoms with Crippen LogP contribution in [0.5, 0.6) is 0 Å². The van der Waals surface area contributed by atoms with E-state index in [1.807, 2.05) is 19.1 Å². The fraction of sp³-hybridized carbons (Fsp3) is 0.474. The lowest BCUT2D eigenvalue weighted by atomic mass is 10.0. The Morgan fingerprint density at radius 2 is 2.25 bits per heavy atom. The molecule has 3 rings (SSSR count). The van der Waals surface area contributed by atoms with Crippen LogP contribution in [0.4, 0.5) is 0 Å². The quantitative estimate of drug-likeness (QED) is 0.398. The summed E-state index contributed by atoms with van der Waals surface area (Å²) in [5, 5.41) is 3.87. The summed E-state index contributed by atoms with van der Waals surface area (Å²) in [6, 6.07) is 6.08. The molecule has 2 aliphatic rings. The molecule has 0 radical (unpaired) electrons. The summed E-state index contributed by atoms with van der Waals surface area (Å²) in [5.41, 5.74) is 3.75. The van der Waals surface area contributed by atoms with E-state index < -0.39 is 0 Å². The first kappa shape index (κ1) is 16.7. The predicted octanol–water partition coefficient (Wildman–Crippen LogP) is 1.91. The van der Waals surface area contributed by atoms with Crippen LogP contribution >= 0.6 is 0 Å². The molecule has 126 valence electrons. The van der Waals surface area contributed by atoms with E-state index in [2.05, 4.69) is 28.0 Å². The van der Waals surface area contributed by atoms with Gasteiger partial charge in [-0.2, -0.15) is 5.10 Å². The van der Waals surface area contributed by atoms with Crippen LogP contribution in [-0.2, 0) is 9.47 Å². The second kappa shape index (κ2) is 8.09. The molecule has 1 aliphatic heterocycles. The predicted molar refractivity (Wildman–Crippen MR) is 95.4 cm³/mol. The minimum atomic E-state index is 0.00944. The summed E-state index contributed by atoms with van der Waals surface area (Å²) in [4.78, 5) is 4.41. The van der Waals surface area contributed by atoms with Crippen molar-refractivity contribution < 1.29 is 9.47 Å². The SMILES string of the molecule is Cc1cc(C#CC2CC2)ccc1/C(C=NCC1COCCO1)=N/N. The molecular formula is C19H23N3O2. The van der Waals surface area contributed by atoms with Gasteiger partial charge >= 0.3 is 0 Å². The standard InChI is InChI=1S/C19H23N3O2/c1-14-10-16(5-4-15-2-3-15)6-7-18(14)19(22-20)12-21-11-17-13-23-8-9-24-17/h6-7,10,12,15,17H,2-3,8-9,11,13,20H2,1H3/b21-12?,22-19+. The summed E-state index contributed by atoms with van der Waals surface area (Å²) in [5.74, 6) is 12.7. The summed E-state index contributed by atoms with van der Waals surface area (Å²) in [6.07, 6.45) is 4.19. The lowest BCUT2D eigenvalue weighted by molar-refractivity contribution is -0.0832. The van der Waals surface area contributed by atoms with Crippen molar-refractivity contribution in [2.75, 3.05) is 26.4 Å². The Bertz CT molecular complexity index is 690. The molecule has 0 bridgehead atoms. The fourth-order valence-electron chi connectivity index (χ4n) is 2.51. The van der Waals surface area contributed by atoms with Crippen LogP contribution < -0.4 is 5.84 Å². The van der Waals surface area contributed by atoms with Crippen LogP contribution in [0.3, 0.4) is 0 Å². The van der Waals surface area contributed by atoms with Gasteiger partial charge in [-0.1, -0.05) is 17.9 Å². The van der Waals surface area contributed by atoms with Crippen molar-refractivity contribution in [3.63, 3.8) is 0 Å². The molecule has 1 aromatic carbocycles. The molecule has 2 fully saturated rings. The number of aryl methyl sites for hydroxylation is 1. The Labute approximate surface area is 142 Å². The first-order valence-corrected chi connectivity index (χ1v) is 8.36. The number of aliphatic imine (C=N–C) groups is 1. The van der Waals surface area contributed by atoms with Crippen molar-refractivity contribution in [2.24, 2.45) is 21.9 Å². The summed E-state index contributed by atoms with van der Waals surface area (Å²) >= 11 is 0. The molecule has 0 aromatic heterocycles. The smallest absolute Gasteiger partial charge is 0.108 e. The molecule has 1 heterocycles. The molecule has 0 spiro atoms. The first-order chi connectivity index (χ1) is 11.8. The van der Waals surface area contributed by atoms with E-state index in [0.717, 1.165) is 16.7 Å². The van der Waals surface area contributed by atoms with Crippen molar-refractivity contribution in [1.29, 1.82) is 0 Å². The number of rotatable bonds is 4. The number of nitrogens with zero attached hydrogens (tertiary/aromatic N) is 2. The van der Waals surface area contributed by atoms with Gasteiger partial charge in [-0.3, -0.25) is 4.99 Å². The first-order valence-electron chi connectivity index (χ1n) is 8.36. The Kier molecular flexibility index (Phi) is 5.63. The van der Waals surface area contributed by atoms with Crippen molar-refractivity contribution in [1.82, 2.24) is 0 Å². The third-order valence-electron chi connectivity index (χ3n) is 4.05. The minimum Gasteiger partial charge on any atom is -0.376 e. The van der Waals surface area contributed by atoms with Gasteiger partial charge in [0.15, 0.2) is 0 Å². The van der Waals surface area contributed by atoms with E-state index >= 15 is 0 Å². The summed E-state index contributed by atoms with van der Waals surface area (Å²) in [7, 11) is 0. The van der Waals surface area contributed by atoms with Crippen molar-refractivity contribution >= 4 is 11.9 Å². The molecule has 24 heavy (non-hydrogen) atoms. The lowest BCUT2D eigenvalue weighted by Crippen LogP contribution is -2.31. The van der Waals surface area contributed by atoms with Crippen LogP contribution in [0.2, 0.25) is 0 Å². The third-order valence-corrected chi connectivity index (χ3v) is 4.05. The normalized spacial score (nSPS) is 21.5. The zero-order valence-corrected chi connectivity index (χ0v) is 14.0. The average Bonchev–Trinajstić information content (AvgIpc) is 3.43. The molecule has 2 N–H and O–H groups in total. The molecule has 1 aromatic rings. The summed E-state index contributed by atoms with van der Waals surface area (Å²) in [6.45, 7) is 4.45. The van der Waals surface area contributed by atoms with E-state index in [-0.39, 0.29) is 6.10 Å². The summed E-state index contributed by atoms with van der Waals surface area (Å²) < 4.78 is 10.9. The van der Waals surface area contributed by atoms with Gasteiger partial charge in [-0.05, 0) is 37.5 Å². The number of hydrogen-bond donors (Lipinski definition) is 1. The maximum atomic E-state index is 5.56. The second-order valence-corrected chi connectivity index (χ2v) is 6.15. The highest BCUT2D eigenvalue weighted by Crippen LogP contribution is 2.27. The highest BCUT2D eigenvalue weighted by molar-refractivity contribution is 6.38. The zero-order chi connectivity index (χ0) is 16.8. The van der Waals surface area contributed by atoms with Crippen molar-refractivity contribution in [3.05, 3.63) is 34.9 Å². The highest BCUT2D eigenvalue weighted by Gasteiger charge is 2.17. The highest BCUT2D eigenvalue weighted by atomic mass is 16.6. The minimum absolute atomic E-state index is 0.00944. The Balaban J connectivity index is 1.65. The number of nitrogens with two attached hydrogens (primary N) is 1. The molecule has 1 saturated heterocycles. The van der Waals surface area contributed by atoms with E-state index in [1.54, 1.807) is 6.21 Å². The van der Waals surface area contributed by atoms with Gasteiger partial charge < -0.3 is 15.3 Å². The second-order valence-electron chi connectivity index (χ2n) is 6.15. The van der Waals surface area contributed by atoms with Gasteiger partial charge in [-0.15, -0.1) is 0 Å². The van der Waals surface area contributed by atoms with Crippen molar-refractivity contribution in [2.45, 2.75) is 25.9 Å². The number of hydrogen-bond acceptors (Lipinski definition) is 5.